The van der Waals surface area contributed by atoms with E-state index in [-0.39, 0.29) is 6.61 Å². The molecule has 2 atom stereocenters. The molecular weight excluding hydrogens is 328 g/mol. The number of nitrogens with zero attached hydrogens (tertiary/aromatic N) is 3. The Labute approximate surface area is 154 Å². The number of rotatable bonds is 7. The molecule has 1 aromatic heterocycles. The first-order chi connectivity index (χ1) is 12.6. The second-order valence-corrected chi connectivity index (χ2v) is 7.21. The molecule has 6 nitrogen and oxygen atoms in total. The molecule has 1 saturated heterocycles. The third-order valence-electron chi connectivity index (χ3n) is 5.07. The van der Waals surface area contributed by atoms with Crippen LogP contribution in [0.3, 0.4) is 0 Å². The minimum Gasteiger partial charge on any atom is -0.396 e. The van der Waals surface area contributed by atoms with Gasteiger partial charge in [0, 0.05) is 32.3 Å². The molecule has 0 spiro atoms. The van der Waals surface area contributed by atoms with E-state index >= 15 is 0 Å². The molecule has 0 aliphatic carbocycles. The molecule has 0 saturated carbocycles. The smallest absolute Gasteiger partial charge is 0.134 e. The topological polar surface area (TPSA) is 81.5 Å². The van der Waals surface area contributed by atoms with Gasteiger partial charge >= 0.3 is 0 Å². The Balaban J connectivity index is 1.57. The quantitative estimate of drug-likeness (QED) is 0.707. The molecule has 1 fully saturated rings. The Bertz CT molecular complexity index is 693. The molecule has 3 N–H and O–H groups in total. The van der Waals surface area contributed by atoms with Crippen molar-refractivity contribution in [3.05, 3.63) is 48.3 Å². The van der Waals surface area contributed by atoms with E-state index in [0.717, 1.165) is 43.1 Å². The van der Waals surface area contributed by atoms with Crippen molar-refractivity contribution in [2.45, 2.75) is 31.8 Å². The monoisotopic (exact) mass is 356 g/mol. The van der Waals surface area contributed by atoms with E-state index in [1.165, 1.54) is 0 Å². The minimum absolute atomic E-state index is 0.223. The molecule has 0 radical (unpaired) electrons. The minimum atomic E-state index is -0.884. The number of aromatic nitrogens is 2. The number of aliphatic hydroxyl groups is 2. The molecule has 2 aromatic rings. The molecule has 0 bridgehead atoms. The lowest BCUT2D eigenvalue weighted by atomic mass is 9.93. The fraction of sp³-hybridized carbons (Fsp3) is 0.500. The van der Waals surface area contributed by atoms with Crippen LogP contribution < -0.4 is 10.2 Å². The number of benzene rings is 1. The summed E-state index contributed by atoms with van der Waals surface area (Å²) < 4.78 is 0. The highest BCUT2D eigenvalue weighted by atomic mass is 16.3. The summed E-state index contributed by atoms with van der Waals surface area (Å²) in [5.41, 5.74) is 0.0271. The fourth-order valence-electron chi connectivity index (χ4n) is 3.41. The Kier molecular flexibility index (Phi) is 6.06. The lowest BCUT2D eigenvalue weighted by Crippen LogP contribution is -2.37. The van der Waals surface area contributed by atoms with E-state index < -0.39 is 5.60 Å². The number of anilines is 2. The Hall–Kier alpha value is -2.18. The van der Waals surface area contributed by atoms with Crippen molar-refractivity contribution in [3.63, 3.8) is 0 Å². The summed E-state index contributed by atoms with van der Waals surface area (Å²) in [6, 6.07) is 11.6. The van der Waals surface area contributed by atoms with Gasteiger partial charge in [0.2, 0.25) is 0 Å². The zero-order valence-corrected chi connectivity index (χ0v) is 15.3. The first-order valence-electron chi connectivity index (χ1n) is 9.28. The largest absolute Gasteiger partial charge is 0.396 e. The van der Waals surface area contributed by atoms with E-state index in [4.69, 9.17) is 0 Å². The molecule has 6 heteroatoms. The highest BCUT2D eigenvalue weighted by Gasteiger charge is 2.23. The maximum absolute atomic E-state index is 10.7. The van der Waals surface area contributed by atoms with Gasteiger partial charge in [-0.2, -0.15) is 0 Å². The molecule has 2 heterocycles. The van der Waals surface area contributed by atoms with Gasteiger partial charge < -0.3 is 20.4 Å². The van der Waals surface area contributed by atoms with Crippen molar-refractivity contribution < 1.29 is 10.2 Å². The van der Waals surface area contributed by atoms with Crippen LogP contribution in [0.2, 0.25) is 0 Å². The van der Waals surface area contributed by atoms with Crippen LogP contribution in [-0.2, 0) is 5.60 Å². The van der Waals surface area contributed by atoms with Crippen LogP contribution in [0.1, 0.15) is 31.7 Å². The summed E-state index contributed by atoms with van der Waals surface area (Å²) in [5, 5.41) is 23.4. The van der Waals surface area contributed by atoms with E-state index in [9.17, 15) is 10.2 Å². The number of hydrogen-bond donors (Lipinski definition) is 3. The molecular formula is C20H28N4O2. The third-order valence-corrected chi connectivity index (χ3v) is 5.07. The standard InChI is InChI=1S/C20H28N4O2/c1-20(26,17-7-3-2-4-8-17)9-10-21-18-12-19(23-15-22-18)24-11-5-6-16(13-24)14-25/h2-4,7-8,12,15-16,25-26H,5-6,9-11,13-14H2,1H3,(H,21,22,23). The molecule has 26 heavy (non-hydrogen) atoms. The normalized spacial score (nSPS) is 19.8. The van der Waals surface area contributed by atoms with Gasteiger partial charge in [0.25, 0.3) is 0 Å². The SMILES string of the molecule is CC(O)(CCNc1cc(N2CCCC(CO)C2)ncn1)c1ccccc1. The van der Waals surface area contributed by atoms with Crippen molar-refractivity contribution in [3.8, 4) is 0 Å². The van der Waals surface area contributed by atoms with E-state index in [1.807, 2.05) is 43.3 Å². The fourth-order valence-corrected chi connectivity index (χ4v) is 3.41. The summed E-state index contributed by atoms with van der Waals surface area (Å²) in [6.45, 7) is 4.45. The van der Waals surface area contributed by atoms with Crippen molar-refractivity contribution in [2.24, 2.45) is 5.92 Å². The summed E-state index contributed by atoms with van der Waals surface area (Å²) in [6.07, 6.45) is 4.28. The van der Waals surface area contributed by atoms with Crippen molar-refractivity contribution in [1.82, 2.24) is 9.97 Å². The van der Waals surface area contributed by atoms with Crippen LogP contribution in [-0.4, -0.2) is 46.4 Å². The summed E-state index contributed by atoms with van der Waals surface area (Å²) >= 11 is 0. The van der Waals surface area contributed by atoms with E-state index in [2.05, 4.69) is 20.2 Å². The first kappa shape index (κ1) is 18.6. The molecule has 1 aliphatic heterocycles. The van der Waals surface area contributed by atoms with Gasteiger partial charge in [0.05, 0.1) is 5.60 Å². The maximum atomic E-state index is 10.7. The van der Waals surface area contributed by atoms with Crippen LogP contribution in [0.4, 0.5) is 11.6 Å². The van der Waals surface area contributed by atoms with Crippen LogP contribution in [0.5, 0.6) is 0 Å². The summed E-state index contributed by atoms with van der Waals surface area (Å²) in [4.78, 5) is 10.9. The van der Waals surface area contributed by atoms with Crippen LogP contribution >= 0.6 is 0 Å². The van der Waals surface area contributed by atoms with Gasteiger partial charge in [-0.05, 0) is 37.7 Å². The van der Waals surface area contributed by atoms with Crippen LogP contribution in [0.25, 0.3) is 0 Å². The van der Waals surface area contributed by atoms with Gasteiger partial charge in [-0.1, -0.05) is 30.3 Å². The molecule has 1 aromatic carbocycles. The first-order valence-corrected chi connectivity index (χ1v) is 9.28. The zero-order chi connectivity index (χ0) is 18.4. The average molecular weight is 356 g/mol. The maximum Gasteiger partial charge on any atom is 0.134 e. The molecule has 1 aliphatic rings. The number of hydrogen-bond acceptors (Lipinski definition) is 6. The predicted molar refractivity (Wildman–Crippen MR) is 103 cm³/mol. The second-order valence-electron chi connectivity index (χ2n) is 7.21. The summed E-state index contributed by atoms with van der Waals surface area (Å²) in [7, 11) is 0. The molecule has 140 valence electrons. The molecule has 2 unspecified atom stereocenters. The van der Waals surface area contributed by atoms with E-state index in [1.54, 1.807) is 6.33 Å². The van der Waals surface area contributed by atoms with Gasteiger partial charge in [-0.3, -0.25) is 0 Å². The van der Waals surface area contributed by atoms with Crippen LogP contribution in [0.15, 0.2) is 42.7 Å². The zero-order valence-electron chi connectivity index (χ0n) is 15.3. The molecule has 0 amide bonds. The van der Waals surface area contributed by atoms with Gasteiger partial charge in [-0.15, -0.1) is 0 Å². The predicted octanol–water partition coefficient (Wildman–Crippen LogP) is 2.40. The summed E-state index contributed by atoms with van der Waals surface area (Å²) in [5.74, 6) is 1.96. The lowest BCUT2D eigenvalue weighted by Gasteiger charge is -2.32. The lowest BCUT2D eigenvalue weighted by molar-refractivity contribution is 0.0515. The number of nitrogens with one attached hydrogen (secondary N) is 1. The van der Waals surface area contributed by atoms with Gasteiger partial charge in [0.15, 0.2) is 0 Å². The second kappa shape index (κ2) is 8.47. The van der Waals surface area contributed by atoms with Crippen LogP contribution in [0, 0.1) is 5.92 Å². The highest BCUT2D eigenvalue weighted by Crippen LogP contribution is 2.25. The Morgan fingerprint density at radius 3 is 2.85 bits per heavy atom. The third kappa shape index (κ3) is 4.71. The Morgan fingerprint density at radius 2 is 2.08 bits per heavy atom. The molecule has 3 rings (SSSR count). The number of piperidine rings is 1. The Morgan fingerprint density at radius 1 is 1.27 bits per heavy atom. The van der Waals surface area contributed by atoms with Crippen molar-refractivity contribution in [1.29, 1.82) is 0 Å². The van der Waals surface area contributed by atoms with E-state index in [0.29, 0.717) is 18.9 Å². The van der Waals surface area contributed by atoms with Crippen molar-refractivity contribution in [2.75, 3.05) is 36.5 Å². The van der Waals surface area contributed by atoms with Crippen molar-refractivity contribution >= 4 is 11.6 Å². The number of aliphatic hydroxyl groups excluding tert-OH is 1. The highest BCUT2D eigenvalue weighted by molar-refractivity contribution is 5.48. The average Bonchev–Trinajstić information content (AvgIpc) is 2.69. The van der Waals surface area contributed by atoms with Gasteiger partial charge in [0.1, 0.15) is 18.0 Å². The van der Waals surface area contributed by atoms with Gasteiger partial charge in [-0.25, -0.2) is 9.97 Å².